The van der Waals surface area contributed by atoms with Crippen LogP contribution in [0.5, 0.6) is 5.75 Å². The Kier molecular flexibility index (Phi) is 7.21. The first kappa shape index (κ1) is 23.3. The maximum Gasteiger partial charge on any atom is 0.340 e. The molecule has 30 heavy (non-hydrogen) atoms. The molecule has 0 bridgehead atoms. The number of aromatic hydroxyl groups is 1. The topological polar surface area (TPSA) is 178 Å². The van der Waals surface area contributed by atoms with Gasteiger partial charge in [0.05, 0.1) is 18.6 Å². The fraction of sp³-hybridized carbons (Fsp3) is 0.389. The van der Waals surface area contributed by atoms with Gasteiger partial charge < -0.3 is 40.1 Å². The van der Waals surface area contributed by atoms with Crippen molar-refractivity contribution in [3.8, 4) is 5.75 Å². The number of nitrogens with one attached hydrogen (secondary N) is 1. The summed E-state index contributed by atoms with van der Waals surface area (Å²) in [7, 11) is 0. The smallest absolute Gasteiger partial charge is 0.340 e. The lowest BCUT2D eigenvalue weighted by Crippen LogP contribution is -2.53. The molecule has 0 aliphatic carbocycles. The zero-order valence-corrected chi connectivity index (χ0v) is 15.5. The lowest BCUT2D eigenvalue weighted by Gasteiger charge is -2.26. The first-order valence-corrected chi connectivity index (χ1v) is 8.56. The summed E-state index contributed by atoms with van der Waals surface area (Å²) in [6, 6.07) is -0.980. The number of aliphatic hydroxyl groups is 4. The minimum atomic E-state index is -1.98. The van der Waals surface area contributed by atoms with Crippen LogP contribution in [0.2, 0.25) is 0 Å². The first-order valence-electron chi connectivity index (χ1n) is 8.56. The van der Waals surface area contributed by atoms with Gasteiger partial charge in [-0.15, -0.1) is 0 Å². The van der Waals surface area contributed by atoms with Gasteiger partial charge in [-0.1, -0.05) is 0 Å². The number of aliphatic hydroxyl groups excluding tert-OH is 4. The Balaban J connectivity index is 2.31. The van der Waals surface area contributed by atoms with Gasteiger partial charge in [0.25, 0.3) is 0 Å². The van der Waals surface area contributed by atoms with E-state index in [0.717, 1.165) is 6.07 Å². The van der Waals surface area contributed by atoms with Crippen LogP contribution in [0, 0.1) is 18.6 Å². The van der Waals surface area contributed by atoms with Crippen LogP contribution in [-0.2, 0) is 16.0 Å². The van der Waals surface area contributed by atoms with Crippen molar-refractivity contribution in [1.29, 1.82) is 0 Å². The molecule has 1 aromatic carbocycles. The quantitative estimate of drug-likeness (QED) is 0.212. The molecule has 12 heteroatoms. The number of aryl methyl sites for hydroxylation is 1. The van der Waals surface area contributed by atoms with E-state index in [1.54, 1.807) is 0 Å². The molecule has 0 aliphatic rings. The molecule has 6 N–H and O–H groups in total. The number of phenolic OH excluding ortho intramolecular Hbond substituents is 1. The van der Waals surface area contributed by atoms with Crippen LogP contribution < -0.4 is 10.9 Å². The van der Waals surface area contributed by atoms with Crippen molar-refractivity contribution < 1.29 is 48.3 Å². The average Bonchev–Trinajstić information content (AvgIpc) is 2.72. The van der Waals surface area contributed by atoms with Gasteiger partial charge in [-0.3, -0.25) is 4.79 Å². The Hall–Kier alpha value is -2.93. The molecule has 0 aliphatic heterocycles. The van der Waals surface area contributed by atoms with E-state index in [1.807, 2.05) is 5.32 Å². The molecule has 0 unspecified atom stereocenters. The number of fused-ring (bicyclic) bond motifs is 1. The third-order valence-electron chi connectivity index (χ3n) is 4.56. The summed E-state index contributed by atoms with van der Waals surface area (Å²) in [5.41, 5.74) is -2.19. The monoisotopic (exact) mass is 431 g/mol. The maximum atomic E-state index is 14.0. The average molecular weight is 431 g/mol. The summed E-state index contributed by atoms with van der Waals surface area (Å²) in [4.78, 5) is 35.5. The molecule has 0 fully saturated rings. The summed E-state index contributed by atoms with van der Waals surface area (Å²) in [6.45, 7) is 0.364. The summed E-state index contributed by atoms with van der Waals surface area (Å²) < 4.78 is 32.4. The number of hydrogen-bond donors (Lipinski definition) is 6. The number of carbonyl (C=O) groups is 2. The number of amides is 1. The van der Waals surface area contributed by atoms with Gasteiger partial charge in [0.2, 0.25) is 11.7 Å². The molecule has 2 rings (SSSR count). The molecule has 1 amide bonds. The molecular formula is C18H19F2NO9. The minimum Gasteiger partial charge on any atom is -0.503 e. The molecule has 0 spiro atoms. The number of carbonyl (C=O) groups excluding carboxylic acids is 2. The standard InChI is InChI=1S/C18H19F2NO9/c1-6-7-2-9(19)14(26)13(20)17(7)30-18(29)8(6)3-12(25)21-10(4-22)15(27)16(28)11(24)5-23/h2,4,10-11,15-16,23-24,26-28H,3,5H2,1H3,(H,21,25)/t10-,11+,15+,16+/m0/s1. The van der Waals surface area contributed by atoms with Crippen LogP contribution in [-0.4, -0.2) is 68.7 Å². The molecule has 0 radical (unpaired) electrons. The van der Waals surface area contributed by atoms with E-state index >= 15 is 0 Å². The van der Waals surface area contributed by atoms with Gasteiger partial charge in [-0.25, -0.2) is 9.18 Å². The predicted octanol–water partition coefficient (Wildman–Crippen LogP) is -1.61. The Morgan fingerprint density at radius 2 is 1.90 bits per heavy atom. The van der Waals surface area contributed by atoms with E-state index in [4.69, 9.17) is 9.52 Å². The van der Waals surface area contributed by atoms with Gasteiger partial charge in [0, 0.05) is 5.39 Å². The van der Waals surface area contributed by atoms with E-state index < -0.39 is 71.9 Å². The van der Waals surface area contributed by atoms with Crippen LogP contribution in [0.3, 0.4) is 0 Å². The zero-order valence-electron chi connectivity index (χ0n) is 15.5. The molecule has 1 aromatic heterocycles. The van der Waals surface area contributed by atoms with E-state index in [0.29, 0.717) is 0 Å². The molecule has 4 atom stereocenters. The fourth-order valence-corrected chi connectivity index (χ4v) is 2.79. The van der Waals surface area contributed by atoms with Crippen LogP contribution >= 0.6 is 0 Å². The van der Waals surface area contributed by atoms with E-state index in [1.165, 1.54) is 6.92 Å². The fourth-order valence-electron chi connectivity index (χ4n) is 2.79. The van der Waals surface area contributed by atoms with Crippen LogP contribution in [0.4, 0.5) is 8.78 Å². The molecule has 0 saturated carbocycles. The Morgan fingerprint density at radius 1 is 1.27 bits per heavy atom. The summed E-state index contributed by atoms with van der Waals surface area (Å²) >= 11 is 0. The lowest BCUT2D eigenvalue weighted by molar-refractivity contribution is -0.130. The number of phenols is 1. The SMILES string of the molecule is Cc1c(CC(=O)N[C@@H](C=O)[C@@H](O)[C@H](O)[C@H](O)CO)c(=O)oc2c(F)c(O)c(F)cc12. The van der Waals surface area contributed by atoms with Crippen molar-refractivity contribution in [2.45, 2.75) is 37.7 Å². The van der Waals surface area contributed by atoms with Gasteiger partial charge >= 0.3 is 5.63 Å². The zero-order chi connectivity index (χ0) is 22.7. The van der Waals surface area contributed by atoms with E-state index in [-0.39, 0.29) is 22.8 Å². The number of aldehydes is 1. The second kappa shape index (κ2) is 9.26. The molecular weight excluding hydrogens is 412 g/mol. The van der Waals surface area contributed by atoms with Crippen molar-refractivity contribution in [1.82, 2.24) is 5.32 Å². The highest BCUT2D eigenvalue weighted by atomic mass is 19.1. The highest BCUT2D eigenvalue weighted by molar-refractivity contribution is 5.86. The predicted molar refractivity (Wildman–Crippen MR) is 95.6 cm³/mol. The molecule has 1 heterocycles. The largest absolute Gasteiger partial charge is 0.503 e. The Bertz CT molecular complexity index is 1020. The van der Waals surface area contributed by atoms with Crippen LogP contribution in [0.25, 0.3) is 11.0 Å². The number of hydrogen-bond acceptors (Lipinski definition) is 9. The third kappa shape index (κ3) is 4.46. The second-order valence-electron chi connectivity index (χ2n) is 6.53. The van der Waals surface area contributed by atoms with Crippen LogP contribution in [0.15, 0.2) is 15.3 Å². The second-order valence-corrected chi connectivity index (χ2v) is 6.53. The van der Waals surface area contributed by atoms with Gasteiger partial charge in [0.1, 0.15) is 30.6 Å². The summed E-state index contributed by atoms with van der Waals surface area (Å²) in [5, 5.41) is 48.7. The molecule has 0 saturated heterocycles. The van der Waals surface area contributed by atoms with Crippen molar-refractivity contribution in [2.75, 3.05) is 6.61 Å². The van der Waals surface area contributed by atoms with Crippen LogP contribution in [0.1, 0.15) is 11.1 Å². The lowest BCUT2D eigenvalue weighted by atomic mass is 10.0. The highest BCUT2D eigenvalue weighted by Gasteiger charge is 2.32. The third-order valence-corrected chi connectivity index (χ3v) is 4.56. The van der Waals surface area contributed by atoms with Crippen molar-refractivity contribution in [2.24, 2.45) is 0 Å². The summed E-state index contributed by atoms with van der Waals surface area (Å²) in [5.74, 6) is -5.12. The number of rotatable bonds is 8. The van der Waals surface area contributed by atoms with E-state index in [9.17, 15) is 43.6 Å². The Morgan fingerprint density at radius 3 is 2.47 bits per heavy atom. The van der Waals surface area contributed by atoms with Gasteiger partial charge in [0.15, 0.2) is 17.1 Å². The maximum absolute atomic E-state index is 14.0. The Labute approximate surface area is 167 Å². The van der Waals surface area contributed by atoms with Gasteiger partial charge in [-0.2, -0.15) is 4.39 Å². The number of benzene rings is 1. The van der Waals surface area contributed by atoms with Crippen molar-refractivity contribution in [3.05, 3.63) is 39.2 Å². The molecule has 164 valence electrons. The molecule has 2 aromatic rings. The van der Waals surface area contributed by atoms with Gasteiger partial charge in [-0.05, 0) is 18.6 Å². The van der Waals surface area contributed by atoms with Crippen molar-refractivity contribution in [3.63, 3.8) is 0 Å². The highest BCUT2D eigenvalue weighted by Crippen LogP contribution is 2.30. The molecule has 10 nitrogen and oxygen atoms in total. The number of halogens is 2. The normalized spacial score (nSPS) is 15.4. The minimum absolute atomic E-state index is 0.0202. The first-order chi connectivity index (χ1) is 14.0. The van der Waals surface area contributed by atoms with E-state index in [2.05, 4.69) is 0 Å². The van der Waals surface area contributed by atoms with Crippen molar-refractivity contribution >= 4 is 23.2 Å². The summed E-state index contributed by atoms with van der Waals surface area (Å²) in [6.07, 6.45) is -6.37.